The first-order chi connectivity index (χ1) is 16.0. The molecule has 0 unspecified atom stereocenters. The maximum atomic E-state index is 12.8. The van der Waals surface area contributed by atoms with Crippen LogP contribution in [0.3, 0.4) is 0 Å². The summed E-state index contributed by atoms with van der Waals surface area (Å²) in [6, 6.07) is 6.21. The fourth-order valence-electron chi connectivity index (χ4n) is 3.85. The highest BCUT2D eigenvalue weighted by Crippen LogP contribution is 2.32. The highest BCUT2D eigenvalue weighted by Gasteiger charge is 2.24. The Morgan fingerprint density at radius 1 is 1.24 bits per heavy atom. The molecule has 1 saturated carbocycles. The number of carbonyl (C=O) groups excluding carboxylic acids is 1. The van der Waals surface area contributed by atoms with Gasteiger partial charge < -0.3 is 20.2 Å². The number of fused-ring (bicyclic) bond motifs is 1. The summed E-state index contributed by atoms with van der Waals surface area (Å²) in [4.78, 5) is 38.1. The fourth-order valence-corrected chi connectivity index (χ4v) is 4.78. The van der Waals surface area contributed by atoms with E-state index in [1.54, 1.807) is 10.7 Å². The van der Waals surface area contributed by atoms with Gasteiger partial charge in [0.2, 0.25) is 0 Å². The van der Waals surface area contributed by atoms with Gasteiger partial charge in [-0.15, -0.1) is 11.3 Å². The minimum absolute atomic E-state index is 0.0337. The predicted molar refractivity (Wildman–Crippen MR) is 128 cm³/mol. The Labute approximate surface area is 191 Å². The van der Waals surface area contributed by atoms with Crippen LogP contribution < -0.4 is 21.7 Å². The third kappa shape index (κ3) is 3.68. The van der Waals surface area contributed by atoms with Gasteiger partial charge in [-0.05, 0) is 31.1 Å². The molecular formula is C23H21N7O2S. The fraction of sp³-hybridized carbons (Fsp3) is 0.217. The van der Waals surface area contributed by atoms with Crippen LogP contribution in [0, 0.1) is 0 Å². The maximum absolute atomic E-state index is 12.8. The van der Waals surface area contributed by atoms with Crippen LogP contribution in [-0.4, -0.2) is 54.5 Å². The van der Waals surface area contributed by atoms with E-state index in [9.17, 15) is 9.59 Å². The number of H-pyrrole nitrogens is 2. The third-order valence-electron chi connectivity index (χ3n) is 5.74. The lowest BCUT2D eigenvalue weighted by Gasteiger charge is -2.13. The molecule has 0 bridgehead atoms. The molecule has 1 fully saturated rings. The van der Waals surface area contributed by atoms with Crippen molar-refractivity contribution in [3.63, 3.8) is 0 Å². The van der Waals surface area contributed by atoms with E-state index >= 15 is 0 Å². The number of carbonyl (C=O) groups is 1. The van der Waals surface area contributed by atoms with Gasteiger partial charge in [0, 0.05) is 30.8 Å². The zero-order valence-electron chi connectivity index (χ0n) is 17.7. The molecule has 166 valence electrons. The van der Waals surface area contributed by atoms with Crippen molar-refractivity contribution in [1.29, 1.82) is 0 Å². The summed E-state index contributed by atoms with van der Waals surface area (Å²) in [5, 5.41) is 9.14. The van der Waals surface area contributed by atoms with E-state index < -0.39 is 0 Å². The number of aromatic nitrogens is 5. The molecule has 6 rings (SSSR count). The molecule has 1 amide bonds. The molecule has 4 aromatic rings. The first-order valence-corrected chi connectivity index (χ1v) is 11.6. The largest absolute Gasteiger partial charge is 0.367 e. The predicted octanol–water partition coefficient (Wildman–Crippen LogP) is 1.30. The number of nitrogens with one attached hydrogen (secondary N) is 3. The normalized spacial score (nSPS) is 16.2. The number of aromatic amines is 2. The van der Waals surface area contributed by atoms with Crippen LogP contribution in [0.25, 0.3) is 28.9 Å². The lowest BCUT2D eigenvalue weighted by molar-refractivity contribution is 0.0805. The van der Waals surface area contributed by atoms with Crippen molar-refractivity contribution in [3.8, 4) is 10.6 Å². The van der Waals surface area contributed by atoms with Crippen LogP contribution in [0.4, 0.5) is 5.82 Å². The van der Waals surface area contributed by atoms with Crippen molar-refractivity contribution >= 4 is 41.4 Å². The molecule has 5 heterocycles. The average molecular weight is 460 g/mol. The summed E-state index contributed by atoms with van der Waals surface area (Å²) >= 11 is 1.44. The van der Waals surface area contributed by atoms with E-state index in [0.717, 1.165) is 34.8 Å². The standard InChI is InChI=1S/C23H21N7O2S/c1-13-16(28-23(32)25-13)10-14-12-24-30-20(26-15-4-5-15)11-17(27-21(14)30)18-6-7-19(33-18)22(31)29-8-2-3-9-29/h2-3,6-7,10-12,15,26H,1,4-5,8-9H2,(H2,25,28,32)/b16-10-. The summed E-state index contributed by atoms with van der Waals surface area (Å²) < 4.78 is 1.77. The Balaban J connectivity index is 1.45. The molecule has 2 aliphatic rings. The highest BCUT2D eigenvalue weighted by molar-refractivity contribution is 7.17. The van der Waals surface area contributed by atoms with Crippen LogP contribution in [0.2, 0.25) is 0 Å². The number of imidazole rings is 1. The summed E-state index contributed by atoms with van der Waals surface area (Å²) in [6.07, 6.45) is 9.78. The number of amides is 1. The van der Waals surface area contributed by atoms with Gasteiger partial charge in [-0.25, -0.2) is 9.78 Å². The summed E-state index contributed by atoms with van der Waals surface area (Å²) in [7, 11) is 0. The molecule has 4 aromatic heterocycles. The SMILES string of the molecule is C=c1[nH]c(=O)[nH]/c1=C\c1cnn2c(NC3CC3)cc(-c3ccc(C(=O)N4CC=CC4)s3)nc12. The maximum Gasteiger partial charge on any atom is 0.323 e. The second-order valence-electron chi connectivity index (χ2n) is 8.24. The van der Waals surface area contributed by atoms with Crippen molar-refractivity contribution in [3.05, 3.63) is 68.2 Å². The van der Waals surface area contributed by atoms with Gasteiger partial charge in [0.1, 0.15) is 5.82 Å². The van der Waals surface area contributed by atoms with Gasteiger partial charge >= 0.3 is 5.69 Å². The van der Waals surface area contributed by atoms with Gasteiger partial charge in [-0.2, -0.15) is 9.61 Å². The van der Waals surface area contributed by atoms with Crippen LogP contribution >= 0.6 is 11.3 Å². The third-order valence-corrected chi connectivity index (χ3v) is 6.84. The molecule has 0 saturated heterocycles. The Hall–Kier alpha value is -3.92. The van der Waals surface area contributed by atoms with Crippen molar-refractivity contribution in [2.75, 3.05) is 18.4 Å². The summed E-state index contributed by atoms with van der Waals surface area (Å²) in [6.45, 7) is 5.17. The van der Waals surface area contributed by atoms with E-state index in [-0.39, 0.29) is 11.6 Å². The van der Waals surface area contributed by atoms with Gasteiger partial charge in [0.15, 0.2) is 5.65 Å². The van der Waals surface area contributed by atoms with Gasteiger partial charge in [0.05, 0.1) is 32.3 Å². The van der Waals surface area contributed by atoms with Crippen LogP contribution in [0.1, 0.15) is 28.1 Å². The van der Waals surface area contributed by atoms with Crippen LogP contribution in [0.5, 0.6) is 0 Å². The lowest BCUT2D eigenvalue weighted by atomic mass is 10.2. The molecule has 3 N–H and O–H groups in total. The first-order valence-electron chi connectivity index (χ1n) is 10.7. The van der Waals surface area contributed by atoms with E-state index in [4.69, 9.17) is 4.98 Å². The zero-order chi connectivity index (χ0) is 22.5. The lowest BCUT2D eigenvalue weighted by Crippen LogP contribution is -2.27. The molecule has 0 aromatic carbocycles. The van der Waals surface area contributed by atoms with Crippen molar-refractivity contribution in [1.82, 2.24) is 29.5 Å². The smallest absolute Gasteiger partial charge is 0.323 e. The van der Waals surface area contributed by atoms with Crippen molar-refractivity contribution < 1.29 is 4.79 Å². The van der Waals surface area contributed by atoms with Crippen LogP contribution in [-0.2, 0) is 0 Å². The molecular weight excluding hydrogens is 438 g/mol. The summed E-state index contributed by atoms with van der Waals surface area (Å²) in [5.74, 6) is 0.881. The zero-order valence-corrected chi connectivity index (χ0v) is 18.5. The minimum atomic E-state index is -0.309. The van der Waals surface area contributed by atoms with Crippen molar-refractivity contribution in [2.24, 2.45) is 0 Å². The number of nitrogens with zero attached hydrogens (tertiary/aromatic N) is 4. The topological polar surface area (TPSA) is 111 Å². The number of hydrogen-bond acceptors (Lipinski definition) is 6. The number of rotatable bonds is 5. The Morgan fingerprint density at radius 2 is 2.06 bits per heavy atom. The average Bonchev–Trinajstić information content (AvgIpc) is 3.25. The molecule has 1 aliphatic carbocycles. The molecule has 0 radical (unpaired) electrons. The summed E-state index contributed by atoms with van der Waals surface area (Å²) in [5.41, 5.74) is 1.87. The molecule has 1 aliphatic heterocycles. The van der Waals surface area contributed by atoms with E-state index in [2.05, 4.69) is 27.0 Å². The molecule has 9 nitrogen and oxygen atoms in total. The Morgan fingerprint density at radius 3 is 2.79 bits per heavy atom. The Kier molecular flexibility index (Phi) is 4.54. The van der Waals surface area contributed by atoms with Crippen LogP contribution in [0.15, 0.2) is 41.3 Å². The van der Waals surface area contributed by atoms with Gasteiger partial charge in [-0.3, -0.25) is 4.79 Å². The first kappa shape index (κ1) is 19.7. The quantitative estimate of drug-likeness (QED) is 0.390. The number of anilines is 1. The van der Waals surface area contributed by atoms with E-state index in [0.29, 0.717) is 40.4 Å². The molecule has 0 spiro atoms. The van der Waals surface area contributed by atoms with E-state index in [1.165, 1.54) is 11.3 Å². The van der Waals surface area contributed by atoms with Crippen molar-refractivity contribution in [2.45, 2.75) is 18.9 Å². The van der Waals surface area contributed by atoms with Gasteiger partial charge in [-0.1, -0.05) is 18.7 Å². The van der Waals surface area contributed by atoms with Gasteiger partial charge in [0.25, 0.3) is 5.91 Å². The molecule has 33 heavy (non-hydrogen) atoms. The molecule has 0 atom stereocenters. The number of hydrogen-bond donors (Lipinski definition) is 3. The second kappa shape index (κ2) is 7.59. The highest BCUT2D eigenvalue weighted by atomic mass is 32.1. The number of thiophene rings is 1. The van der Waals surface area contributed by atoms with E-state index in [1.807, 2.05) is 41.3 Å². The monoisotopic (exact) mass is 459 g/mol. The minimum Gasteiger partial charge on any atom is -0.367 e. The second-order valence-corrected chi connectivity index (χ2v) is 9.33. The molecule has 10 heteroatoms. The Bertz CT molecular complexity index is 1580.